The summed E-state index contributed by atoms with van der Waals surface area (Å²) in [6.45, 7) is 14.5. The molecule has 31 atom stereocenters. The maximum Gasteiger partial charge on any atom is 0.342 e. The molecule has 10 fully saturated rings. The number of methoxy groups -OCH3 is 2. The van der Waals surface area contributed by atoms with E-state index in [2.05, 4.69) is 0 Å². The predicted molar refractivity (Wildman–Crippen MR) is 303 cm³/mol. The van der Waals surface area contributed by atoms with Gasteiger partial charge in [0.1, 0.15) is 96.2 Å². The van der Waals surface area contributed by atoms with Crippen molar-refractivity contribution in [3.8, 4) is 11.5 Å². The van der Waals surface area contributed by atoms with Gasteiger partial charge in [0.15, 0.2) is 66.4 Å². The van der Waals surface area contributed by atoms with Gasteiger partial charge >= 0.3 is 17.9 Å². The molecule has 526 valence electrons. The Morgan fingerprint density at radius 1 is 0.645 bits per heavy atom. The van der Waals surface area contributed by atoms with E-state index in [0.29, 0.717) is 0 Å². The van der Waals surface area contributed by atoms with E-state index in [0.717, 1.165) is 0 Å². The smallest absolute Gasteiger partial charge is 0.342 e. The molecule has 10 aliphatic heterocycles. The number of ether oxygens (including phenoxy) is 21. The van der Waals surface area contributed by atoms with Crippen molar-refractivity contribution in [3.05, 3.63) is 21.2 Å². The first-order valence-electron chi connectivity index (χ1n) is 30.9. The second kappa shape index (κ2) is 27.3. The van der Waals surface area contributed by atoms with Crippen LogP contribution < -0.4 is 0 Å². The first-order valence-corrected chi connectivity index (χ1v) is 31.7. The van der Waals surface area contributed by atoms with Crippen LogP contribution in [0.2, 0.25) is 10.0 Å². The van der Waals surface area contributed by atoms with Crippen LogP contribution in [0.15, 0.2) is 0 Å². The fraction of sp³-hybridized carbons (Fsp3) is 0.847. The number of phenols is 2. The van der Waals surface area contributed by atoms with Gasteiger partial charge in [0.2, 0.25) is 6.29 Å². The number of aliphatic hydroxyl groups is 6. The number of benzene rings is 1. The Bertz CT molecular complexity index is 2820. The van der Waals surface area contributed by atoms with Crippen LogP contribution in [0.3, 0.4) is 0 Å². The second-order valence-corrected chi connectivity index (χ2v) is 26.6. The Balaban J connectivity index is 0.715. The number of Topliss-reactive ketones (excluding diaryl/α,β-unsaturated/α-hetero) is 1. The Kier molecular flexibility index (Phi) is 20.9. The third-order valence-electron chi connectivity index (χ3n) is 19.0. The van der Waals surface area contributed by atoms with Crippen molar-refractivity contribution in [2.24, 2.45) is 5.92 Å². The Morgan fingerprint density at radius 3 is 1.99 bits per heavy atom. The summed E-state index contributed by atoms with van der Waals surface area (Å²) in [4.78, 5) is 39.5. The average molecular weight is 1380 g/mol. The van der Waals surface area contributed by atoms with Gasteiger partial charge in [-0.05, 0) is 61.0 Å². The highest BCUT2D eigenvalue weighted by Crippen LogP contribution is 2.53. The van der Waals surface area contributed by atoms with Gasteiger partial charge in [-0.2, -0.15) is 0 Å². The minimum Gasteiger partial charge on any atom is -0.505 e. The van der Waals surface area contributed by atoms with Crippen molar-refractivity contribution in [1.82, 2.24) is 0 Å². The summed E-state index contributed by atoms with van der Waals surface area (Å²) in [5, 5.41) is 90.3. The first kappa shape index (κ1) is 71.3. The molecule has 34 heteroatoms. The molecule has 10 heterocycles. The van der Waals surface area contributed by atoms with E-state index >= 15 is 0 Å². The molecule has 10 aliphatic rings. The molecule has 32 nitrogen and oxygen atoms in total. The van der Waals surface area contributed by atoms with E-state index in [-0.39, 0.29) is 49.9 Å². The number of aliphatic hydroxyl groups excluding tert-OH is 5. The number of hydrogen-bond donors (Lipinski definition) is 8. The molecule has 10 saturated heterocycles. The van der Waals surface area contributed by atoms with E-state index in [1.165, 1.54) is 41.9 Å². The zero-order valence-electron chi connectivity index (χ0n) is 53.0. The van der Waals surface area contributed by atoms with E-state index in [1.807, 2.05) is 0 Å². The van der Waals surface area contributed by atoms with Crippen molar-refractivity contribution in [3.63, 3.8) is 0 Å². The summed E-state index contributed by atoms with van der Waals surface area (Å²) < 4.78 is 129. The maximum atomic E-state index is 13.4. The molecule has 11 rings (SSSR count). The molecule has 93 heavy (non-hydrogen) atoms. The molecule has 0 bridgehead atoms. The van der Waals surface area contributed by atoms with Crippen molar-refractivity contribution >= 4 is 40.9 Å². The molecule has 0 aromatic heterocycles. The molecule has 1 unspecified atom stereocenters. The van der Waals surface area contributed by atoms with Crippen molar-refractivity contribution in [1.29, 1.82) is 0 Å². The van der Waals surface area contributed by atoms with Gasteiger partial charge in [0, 0.05) is 27.1 Å². The lowest BCUT2D eigenvalue weighted by Crippen LogP contribution is -2.72. The van der Waals surface area contributed by atoms with Crippen molar-refractivity contribution < 1.29 is 155 Å². The average Bonchev–Trinajstić information content (AvgIpc) is 1.59. The summed E-state index contributed by atoms with van der Waals surface area (Å²) in [5.41, 5.74) is -3.78. The molecule has 0 amide bonds. The van der Waals surface area contributed by atoms with Crippen LogP contribution in [-0.2, 0) is 109 Å². The van der Waals surface area contributed by atoms with Crippen LogP contribution in [-0.4, -0.2) is 282 Å². The Morgan fingerprint density at radius 2 is 1.32 bits per heavy atom. The normalized spacial score (nSPS) is 48.1. The summed E-state index contributed by atoms with van der Waals surface area (Å²) in [5.74, 6) is -8.42. The van der Waals surface area contributed by atoms with Crippen LogP contribution >= 0.6 is 23.2 Å². The number of fused-ring (bicyclic) bond motifs is 4. The second-order valence-electron chi connectivity index (χ2n) is 25.8. The number of rotatable bonds is 16. The molecular weight excluding hydrogens is 1290 g/mol. The summed E-state index contributed by atoms with van der Waals surface area (Å²) in [6, 6.07) is 0. The van der Waals surface area contributed by atoms with Gasteiger partial charge < -0.3 is 140 Å². The minimum absolute atomic E-state index is 0.0100. The highest BCUT2D eigenvalue weighted by Gasteiger charge is 2.73. The molecule has 0 radical (unpaired) electrons. The third-order valence-corrected chi connectivity index (χ3v) is 19.8. The molecule has 0 saturated carbocycles. The van der Waals surface area contributed by atoms with Crippen LogP contribution in [0.5, 0.6) is 11.5 Å². The fourth-order valence-electron chi connectivity index (χ4n) is 14.1. The number of hydrogen-bond acceptors (Lipinski definition) is 32. The van der Waals surface area contributed by atoms with E-state index in [1.54, 1.807) is 41.5 Å². The number of carbonyl (C=O) groups excluding carboxylic acids is 3. The summed E-state index contributed by atoms with van der Waals surface area (Å²) in [7, 11) is 2.74. The first-order chi connectivity index (χ1) is 43.8. The monoisotopic (exact) mass is 1370 g/mol. The lowest BCUT2D eigenvalue weighted by molar-refractivity contribution is -0.428. The quantitative estimate of drug-likeness (QED) is 0.102. The fourth-order valence-corrected chi connectivity index (χ4v) is 14.6. The van der Waals surface area contributed by atoms with Crippen LogP contribution in [0, 0.1) is 12.8 Å². The van der Waals surface area contributed by atoms with Gasteiger partial charge in [0.25, 0.3) is 5.97 Å². The molecule has 1 aromatic carbocycles. The van der Waals surface area contributed by atoms with Crippen LogP contribution in [0.25, 0.3) is 0 Å². The topological polar surface area (TPSA) is 407 Å². The highest BCUT2D eigenvalue weighted by atomic mass is 35.5. The number of aromatic hydroxyl groups is 2. The van der Waals surface area contributed by atoms with Gasteiger partial charge in [-0.1, -0.05) is 37.0 Å². The van der Waals surface area contributed by atoms with Crippen LogP contribution in [0.1, 0.15) is 97.5 Å². The zero-order chi connectivity index (χ0) is 67.5. The lowest BCUT2D eigenvalue weighted by Gasteiger charge is -2.49. The number of phenolic OH excluding ortho intramolecular Hbond substituents is 2. The molecule has 8 N–H and O–H groups in total. The number of ketones is 1. The van der Waals surface area contributed by atoms with E-state index in [9.17, 15) is 55.2 Å². The number of esters is 2. The SMILES string of the molecule is COC[C@H]1O[C@@H](O[C@@H]2OC[C@@H]3O[C@]4(O[C@H]3[C@H]2OC(=O)C(C)C)O[C@H](C)[C@@](O)(C(C)=O)[C@@H]2OCO[C@H]24)[C@H](O)[C@@H](O)[C@@H]1O[C@@H]1O[C@H](C)[C@H](OC)[C@H](O[C@H]2C[C@@]3(C)OC4(C[C@@H](O)[C@H](O[C@H]5C[C@@H](O)[C@H](OC(=O)c6c(C)c(Cl)c(O)c(Cl)c6O)[C@@H](C)O5)[C@@H](C)O4)O[C@@H]3[C@@H](C)O2)[C@H]1O. The zero-order valence-corrected chi connectivity index (χ0v) is 54.6. The number of carbonyl (C=O) groups is 3. The van der Waals surface area contributed by atoms with Crippen LogP contribution in [0.4, 0.5) is 0 Å². The van der Waals surface area contributed by atoms with Crippen molar-refractivity contribution in [2.75, 3.05) is 34.2 Å². The third kappa shape index (κ3) is 13.0. The van der Waals surface area contributed by atoms with Gasteiger partial charge in [0.05, 0.1) is 73.3 Å². The Hall–Kier alpha value is -2.99. The maximum absolute atomic E-state index is 13.4. The summed E-state index contributed by atoms with van der Waals surface area (Å²) in [6.07, 6.45) is -34.9. The largest absolute Gasteiger partial charge is 0.505 e. The summed E-state index contributed by atoms with van der Waals surface area (Å²) >= 11 is 12.1. The van der Waals surface area contributed by atoms with Gasteiger partial charge in [-0.25, -0.2) is 4.79 Å². The molecular formula is C59H84Cl2O32. The van der Waals surface area contributed by atoms with Gasteiger partial charge in [-0.15, -0.1) is 0 Å². The lowest BCUT2D eigenvalue weighted by atomic mass is 9.81. The van der Waals surface area contributed by atoms with Gasteiger partial charge in [-0.3, -0.25) is 9.59 Å². The molecule has 0 aliphatic carbocycles. The molecule has 1 aromatic rings. The van der Waals surface area contributed by atoms with E-state index < -0.39 is 235 Å². The molecule has 2 spiro atoms. The van der Waals surface area contributed by atoms with Crippen molar-refractivity contribution in [2.45, 2.75) is 277 Å². The highest BCUT2D eigenvalue weighted by molar-refractivity contribution is 6.39. The standard InChI is InChI=1S/C59H84Cl2O32/c1-19(2)51(70)85-47-45-30(90-59(91-45)50-49(76-18-77-50)58(72,25(8)62)26(9)89-59)17-75-55(47)87-53-39(68)38(67)44(29(81-53)16-73-11)86-54-40(69)46(43(74-12)22(5)80-54)83-32-15-56(10)48(24(7)79-32)92-57(93-56)14-28(64)42(23(6)88-57)82-31-13-27(63)41(21(4)78-31)84-52(71)33-20(3)34(60)37(66)35(61)36(33)65/h19,21-24,26-32,38-50,53-55,63-69,72H,13-18H2,1-12H3/t21-,22-,23-,24-,26-,27-,28-,29-,30+,31+,32+,38-,39-,40-,41-,42-,43+,44-,45-,46-,47-,48-,49-,50-,53+,54+,55+,56-,57?,58+,59-/m1/s1. The minimum atomic E-state index is -2.14. The number of halogens is 2. The Labute approximate surface area is 544 Å². The van der Waals surface area contributed by atoms with E-state index in [4.69, 9.17) is 123 Å². The predicted octanol–water partition coefficient (Wildman–Crippen LogP) is 0.0949.